The van der Waals surface area contributed by atoms with Crippen LogP contribution in [0.1, 0.15) is 29.5 Å². The van der Waals surface area contributed by atoms with Crippen LogP contribution in [0.3, 0.4) is 0 Å². The highest BCUT2D eigenvalue weighted by molar-refractivity contribution is 5.40. The molecule has 1 aromatic carbocycles. The quantitative estimate of drug-likeness (QED) is 0.803. The molecule has 1 atom stereocenters. The van der Waals surface area contributed by atoms with E-state index in [9.17, 15) is 5.11 Å². The summed E-state index contributed by atoms with van der Waals surface area (Å²) in [5.74, 6) is 0. The van der Waals surface area contributed by atoms with Crippen LogP contribution in [0.25, 0.3) is 0 Å². The number of methoxy groups -OCH3 is 1. The van der Waals surface area contributed by atoms with Gasteiger partial charge in [0, 0.05) is 7.11 Å². The first kappa shape index (κ1) is 10.7. The topological polar surface area (TPSA) is 29.5 Å². The molecule has 0 bridgehead atoms. The fraction of sp³-hybridized carbons (Fsp3) is 0.538. The van der Waals surface area contributed by atoms with Gasteiger partial charge in [-0.25, -0.2) is 0 Å². The second-order valence-corrected chi connectivity index (χ2v) is 4.42. The van der Waals surface area contributed by atoms with Crippen LogP contribution in [0, 0.1) is 6.92 Å². The first-order valence-corrected chi connectivity index (χ1v) is 5.48. The van der Waals surface area contributed by atoms with Gasteiger partial charge < -0.3 is 9.84 Å². The van der Waals surface area contributed by atoms with Crippen molar-refractivity contribution in [1.82, 2.24) is 0 Å². The fourth-order valence-corrected chi connectivity index (χ4v) is 2.55. The van der Waals surface area contributed by atoms with Gasteiger partial charge in [0.05, 0.1) is 6.61 Å². The van der Waals surface area contributed by atoms with Gasteiger partial charge in [0.2, 0.25) is 0 Å². The molecule has 0 radical (unpaired) electrons. The third kappa shape index (κ3) is 1.80. The molecular formula is C13H18O2. The van der Waals surface area contributed by atoms with E-state index in [-0.39, 0.29) is 0 Å². The van der Waals surface area contributed by atoms with Crippen molar-refractivity contribution < 1.29 is 9.84 Å². The van der Waals surface area contributed by atoms with Gasteiger partial charge in [-0.3, -0.25) is 0 Å². The summed E-state index contributed by atoms with van der Waals surface area (Å²) in [6, 6.07) is 6.15. The van der Waals surface area contributed by atoms with Crippen molar-refractivity contribution >= 4 is 0 Å². The summed E-state index contributed by atoms with van der Waals surface area (Å²) in [5.41, 5.74) is 2.88. The minimum Gasteiger partial charge on any atom is -0.383 e. The van der Waals surface area contributed by atoms with E-state index in [1.54, 1.807) is 7.11 Å². The normalized spacial score (nSPS) is 25.0. The Hall–Kier alpha value is -0.860. The molecule has 0 spiro atoms. The molecule has 2 rings (SSSR count). The van der Waals surface area contributed by atoms with Crippen LogP contribution in [-0.2, 0) is 16.8 Å². The zero-order valence-electron chi connectivity index (χ0n) is 9.42. The summed E-state index contributed by atoms with van der Waals surface area (Å²) in [6.07, 6.45) is 2.92. The molecule has 0 aliphatic heterocycles. The number of benzene rings is 1. The zero-order chi connectivity index (χ0) is 10.9. The number of ether oxygens (including phenoxy) is 1. The van der Waals surface area contributed by atoms with E-state index in [1.807, 2.05) is 12.1 Å². The summed E-state index contributed by atoms with van der Waals surface area (Å²) in [6.45, 7) is 2.50. The average Bonchev–Trinajstić information content (AvgIpc) is 2.20. The lowest BCUT2D eigenvalue weighted by Gasteiger charge is -2.34. The lowest BCUT2D eigenvalue weighted by atomic mass is 9.78. The van der Waals surface area contributed by atoms with Crippen LogP contribution in [0.2, 0.25) is 0 Å². The fourth-order valence-electron chi connectivity index (χ4n) is 2.55. The number of fused-ring (bicyclic) bond motifs is 1. The van der Waals surface area contributed by atoms with E-state index in [4.69, 9.17) is 4.74 Å². The van der Waals surface area contributed by atoms with E-state index in [1.165, 1.54) is 11.1 Å². The molecule has 82 valence electrons. The molecule has 1 aromatic rings. The van der Waals surface area contributed by atoms with Crippen molar-refractivity contribution in [2.24, 2.45) is 0 Å². The molecule has 1 unspecified atom stereocenters. The Morgan fingerprint density at radius 3 is 3.00 bits per heavy atom. The molecule has 0 amide bonds. The van der Waals surface area contributed by atoms with Crippen molar-refractivity contribution in [2.45, 2.75) is 31.8 Å². The summed E-state index contributed by atoms with van der Waals surface area (Å²) in [4.78, 5) is 0. The van der Waals surface area contributed by atoms with Crippen LogP contribution < -0.4 is 0 Å². The minimum atomic E-state index is -0.769. The third-order valence-electron chi connectivity index (χ3n) is 3.31. The molecule has 1 aliphatic carbocycles. The molecule has 15 heavy (non-hydrogen) atoms. The van der Waals surface area contributed by atoms with Crippen LogP contribution >= 0.6 is 0 Å². The highest BCUT2D eigenvalue weighted by atomic mass is 16.5. The van der Waals surface area contributed by atoms with Crippen molar-refractivity contribution in [2.75, 3.05) is 13.7 Å². The maximum Gasteiger partial charge on any atom is 0.113 e. The van der Waals surface area contributed by atoms with Gasteiger partial charge >= 0.3 is 0 Å². The van der Waals surface area contributed by atoms with E-state index >= 15 is 0 Å². The molecule has 1 aliphatic rings. The number of hydrogen-bond donors (Lipinski definition) is 1. The lowest BCUT2D eigenvalue weighted by molar-refractivity contribution is -0.0480. The molecule has 2 nitrogen and oxygen atoms in total. The smallest absolute Gasteiger partial charge is 0.113 e. The first-order valence-electron chi connectivity index (χ1n) is 5.48. The van der Waals surface area contributed by atoms with Crippen LogP contribution in [0.4, 0.5) is 0 Å². The summed E-state index contributed by atoms with van der Waals surface area (Å²) in [7, 11) is 1.64. The monoisotopic (exact) mass is 206 g/mol. The Morgan fingerprint density at radius 2 is 2.27 bits per heavy atom. The summed E-state index contributed by atoms with van der Waals surface area (Å²) in [5, 5.41) is 10.5. The van der Waals surface area contributed by atoms with Crippen LogP contribution in [0.5, 0.6) is 0 Å². The van der Waals surface area contributed by atoms with Gasteiger partial charge in [0.25, 0.3) is 0 Å². The molecule has 2 heteroatoms. The molecule has 0 saturated carbocycles. The Labute approximate surface area is 90.9 Å². The second-order valence-electron chi connectivity index (χ2n) is 4.42. The predicted molar refractivity (Wildman–Crippen MR) is 59.9 cm³/mol. The number of rotatable bonds is 2. The highest BCUT2D eigenvalue weighted by Gasteiger charge is 2.34. The first-order chi connectivity index (χ1) is 7.17. The third-order valence-corrected chi connectivity index (χ3v) is 3.31. The maximum atomic E-state index is 10.5. The molecule has 0 heterocycles. The molecule has 0 aromatic heterocycles. The van der Waals surface area contributed by atoms with Gasteiger partial charge in [-0.2, -0.15) is 0 Å². The van der Waals surface area contributed by atoms with E-state index in [0.717, 1.165) is 24.8 Å². The van der Waals surface area contributed by atoms with E-state index < -0.39 is 5.60 Å². The highest BCUT2D eigenvalue weighted by Crippen LogP contribution is 2.36. The van der Waals surface area contributed by atoms with Gasteiger partial charge in [0.15, 0.2) is 0 Å². The average molecular weight is 206 g/mol. The number of aliphatic hydroxyl groups is 1. The van der Waals surface area contributed by atoms with E-state index in [2.05, 4.69) is 13.0 Å². The van der Waals surface area contributed by atoms with Crippen molar-refractivity contribution in [3.8, 4) is 0 Å². The molecule has 0 fully saturated rings. The van der Waals surface area contributed by atoms with Crippen molar-refractivity contribution in [1.29, 1.82) is 0 Å². The number of hydrogen-bond acceptors (Lipinski definition) is 2. The van der Waals surface area contributed by atoms with Crippen molar-refractivity contribution in [3.05, 3.63) is 34.9 Å². The zero-order valence-corrected chi connectivity index (χ0v) is 9.42. The molecule has 1 N–H and O–H groups in total. The summed E-state index contributed by atoms with van der Waals surface area (Å²) >= 11 is 0. The number of aryl methyl sites for hydroxylation is 1. The molecular weight excluding hydrogens is 188 g/mol. The minimum absolute atomic E-state index is 0.392. The largest absolute Gasteiger partial charge is 0.383 e. The van der Waals surface area contributed by atoms with E-state index in [0.29, 0.717) is 6.61 Å². The Balaban J connectivity index is 2.46. The standard InChI is InChI=1S/C13H18O2/c1-10-5-3-7-12-11(10)6-4-8-13(12,14)9-15-2/h3,5,7,14H,4,6,8-9H2,1-2H3. The SMILES string of the molecule is COCC1(O)CCCc2c(C)cccc21. The molecule has 0 saturated heterocycles. The predicted octanol–water partition coefficient (Wildman–Crippen LogP) is 2.17. The van der Waals surface area contributed by atoms with Gasteiger partial charge in [-0.15, -0.1) is 0 Å². The Morgan fingerprint density at radius 1 is 1.47 bits per heavy atom. The van der Waals surface area contributed by atoms with Crippen LogP contribution in [0.15, 0.2) is 18.2 Å². The van der Waals surface area contributed by atoms with Gasteiger partial charge in [-0.1, -0.05) is 18.2 Å². The van der Waals surface area contributed by atoms with Crippen molar-refractivity contribution in [3.63, 3.8) is 0 Å². The van der Waals surface area contributed by atoms with Gasteiger partial charge in [-0.05, 0) is 42.9 Å². The lowest BCUT2D eigenvalue weighted by Crippen LogP contribution is -2.35. The van der Waals surface area contributed by atoms with Gasteiger partial charge in [0.1, 0.15) is 5.60 Å². The maximum absolute atomic E-state index is 10.5. The Bertz CT molecular complexity index is 360. The Kier molecular flexibility index (Phi) is 2.81. The second kappa shape index (κ2) is 3.95. The van der Waals surface area contributed by atoms with Crippen LogP contribution in [-0.4, -0.2) is 18.8 Å². The summed E-state index contributed by atoms with van der Waals surface area (Å²) < 4.78 is 5.13.